The molecular formula is C38H42F3N3O3. The van der Waals surface area contributed by atoms with Crippen LogP contribution in [0.3, 0.4) is 0 Å². The van der Waals surface area contributed by atoms with Gasteiger partial charge in [-0.2, -0.15) is 13.2 Å². The van der Waals surface area contributed by atoms with Crippen molar-refractivity contribution in [3.05, 3.63) is 132 Å². The molecule has 2 saturated heterocycles. The Morgan fingerprint density at radius 2 is 1.21 bits per heavy atom. The molecule has 6 nitrogen and oxygen atoms in total. The molecule has 3 heterocycles. The molecule has 0 spiro atoms. The van der Waals surface area contributed by atoms with Gasteiger partial charge in [-0.15, -0.1) is 0 Å². The molecule has 0 N–H and O–H groups in total. The van der Waals surface area contributed by atoms with Gasteiger partial charge >= 0.3 is 6.18 Å². The van der Waals surface area contributed by atoms with Crippen LogP contribution in [0.15, 0.2) is 109 Å². The molecule has 0 unspecified atom stereocenters. The maximum absolute atomic E-state index is 13.9. The molecular weight excluding hydrogens is 603 g/mol. The second kappa shape index (κ2) is 15.9. The summed E-state index contributed by atoms with van der Waals surface area (Å²) in [7, 11) is 0. The number of hydrogen-bond acceptors (Lipinski definition) is 6. The predicted molar refractivity (Wildman–Crippen MR) is 176 cm³/mol. The molecule has 248 valence electrons. The predicted octanol–water partition coefficient (Wildman–Crippen LogP) is 7.39. The SMILES string of the molecule is FC(F)(F)c1ccncc1N1CCC[C@@H](CN2C[C@H](OCc3ccccc3)C(OCc3ccccc3)[C@@H](OCc3ccccc3)C2)C1. The number of halogens is 3. The number of pyridine rings is 1. The Bertz CT molecular complexity index is 1460. The summed E-state index contributed by atoms with van der Waals surface area (Å²) in [6.07, 6.45) is -0.981. The van der Waals surface area contributed by atoms with Crippen LogP contribution in [0.5, 0.6) is 0 Å². The number of ether oxygens (including phenoxy) is 3. The number of hydrogen-bond donors (Lipinski definition) is 0. The molecule has 0 amide bonds. The molecule has 3 atom stereocenters. The van der Waals surface area contributed by atoms with Crippen molar-refractivity contribution in [2.45, 2.75) is 57.2 Å². The average molecular weight is 646 g/mol. The number of rotatable bonds is 12. The number of anilines is 1. The molecule has 2 aliphatic rings. The summed E-state index contributed by atoms with van der Waals surface area (Å²) in [6.45, 7) is 4.41. The van der Waals surface area contributed by atoms with E-state index in [1.807, 2.05) is 83.8 Å². The van der Waals surface area contributed by atoms with E-state index in [-0.39, 0.29) is 29.9 Å². The summed E-state index contributed by atoms with van der Waals surface area (Å²) in [5.74, 6) is 0.177. The van der Waals surface area contributed by atoms with Gasteiger partial charge in [-0.05, 0) is 41.5 Å². The Labute approximate surface area is 275 Å². The van der Waals surface area contributed by atoms with E-state index in [1.54, 1.807) is 0 Å². The van der Waals surface area contributed by atoms with Crippen molar-refractivity contribution >= 4 is 5.69 Å². The standard InChI is InChI=1S/C38H42F3N3O3/c39-38(40,41)33-18-19-42-21-34(33)44-20-10-17-32(23-44)22-43-24-35(45-26-29-11-4-1-5-12-29)37(47-28-31-15-8-3-9-16-31)36(25-43)46-27-30-13-6-2-7-14-30/h1-9,11-16,18-19,21,32,35-37H,10,17,20,22-28H2/t32-,35-,36-/m0/s1. The highest BCUT2D eigenvalue weighted by Crippen LogP contribution is 2.37. The minimum Gasteiger partial charge on any atom is -0.369 e. The zero-order valence-electron chi connectivity index (χ0n) is 26.5. The van der Waals surface area contributed by atoms with Gasteiger partial charge in [0.1, 0.15) is 6.10 Å². The van der Waals surface area contributed by atoms with Gasteiger partial charge in [-0.25, -0.2) is 0 Å². The minimum absolute atomic E-state index is 0.158. The Hall–Kier alpha value is -3.76. The average Bonchev–Trinajstić information content (AvgIpc) is 3.10. The van der Waals surface area contributed by atoms with E-state index in [9.17, 15) is 13.2 Å². The first kappa shape index (κ1) is 33.2. The number of aromatic nitrogens is 1. The largest absolute Gasteiger partial charge is 0.418 e. The lowest BCUT2D eigenvalue weighted by Crippen LogP contribution is -2.59. The van der Waals surface area contributed by atoms with Crippen molar-refractivity contribution < 1.29 is 27.4 Å². The lowest BCUT2D eigenvalue weighted by Gasteiger charge is -2.45. The Kier molecular flexibility index (Phi) is 11.2. The topological polar surface area (TPSA) is 47.1 Å². The van der Waals surface area contributed by atoms with Gasteiger partial charge in [-0.1, -0.05) is 91.0 Å². The molecule has 0 radical (unpaired) electrons. The fraction of sp³-hybridized carbons (Fsp3) is 0.395. The summed E-state index contributed by atoms with van der Waals surface area (Å²) in [6, 6.07) is 31.4. The fourth-order valence-electron chi connectivity index (χ4n) is 6.69. The van der Waals surface area contributed by atoms with Gasteiger partial charge in [0.2, 0.25) is 0 Å². The van der Waals surface area contributed by atoms with Crippen LogP contribution in [-0.4, -0.2) is 60.9 Å². The van der Waals surface area contributed by atoms with E-state index in [0.717, 1.165) is 42.1 Å². The van der Waals surface area contributed by atoms with Crippen LogP contribution in [0.25, 0.3) is 0 Å². The third-order valence-corrected chi connectivity index (χ3v) is 8.99. The van der Waals surface area contributed by atoms with Crippen LogP contribution < -0.4 is 4.90 Å². The molecule has 0 bridgehead atoms. The van der Waals surface area contributed by atoms with Gasteiger partial charge < -0.3 is 19.1 Å². The smallest absolute Gasteiger partial charge is 0.369 e. The summed E-state index contributed by atoms with van der Waals surface area (Å²) in [5, 5.41) is 0. The summed E-state index contributed by atoms with van der Waals surface area (Å²) >= 11 is 0. The Morgan fingerprint density at radius 1 is 0.681 bits per heavy atom. The lowest BCUT2D eigenvalue weighted by atomic mass is 9.94. The van der Waals surface area contributed by atoms with E-state index < -0.39 is 11.7 Å². The van der Waals surface area contributed by atoms with Crippen LogP contribution in [0.4, 0.5) is 18.9 Å². The highest BCUT2D eigenvalue weighted by molar-refractivity contribution is 5.53. The molecule has 9 heteroatoms. The number of alkyl halides is 3. The lowest BCUT2D eigenvalue weighted by molar-refractivity contribution is -0.185. The number of piperidine rings is 2. The van der Waals surface area contributed by atoms with Crippen molar-refractivity contribution in [2.75, 3.05) is 37.6 Å². The molecule has 2 aliphatic heterocycles. The first-order chi connectivity index (χ1) is 22.9. The van der Waals surface area contributed by atoms with Crippen molar-refractivity contribution in [2.24, 2.45) is 5.92 Å². The van der Waals surface area contributed by atoms with Gasteiger partial charge in [0.15, 0.2) is 0 Å². The molecule has 0 saturated carbocycles. The number of benzene rings is 3. The molecule has 3 aromatic carbocycles. The first-order valence-corrected chi connectivity index (χ1v) is 16.4. The van der Waals surface area contributed by atoms with E-state index in [1.165, 1.54) is 12.4 Å². The van der Waals surface area contributed by atoms with Gasteiger partial charge in [-0.3, -0.25) is 9.88 Å². The molecule has 47 heavy (non-hydrogen) atoms. The van der Waals surface area contributed by atoms with Crippen molar-refractivity contribution in [3.63, 3.8) is 0 Å². The van der Waals surface area contributed by atoms with E-state index in [2.05, 4.69) is 22.0 Å². The van der Waals surface area contributed by atoms with Crippen LogP contribution >= 0.6 is 0 Å². The van der Waals surface area contributed by atoms with Crippen LogP contribution in [0.2, 0.25) is 0 Å². The molecule has 6 rings (SSSR count). The molecule has 1 aromatic heterocycles. The molecule has 2 fully saturated rings. The first-order valence-electron chi connectivity index (χ1n) is 16.4. The highest BCUT2D eigenvalue weighted by Gasteiger charge is 2.41. The zero-order valence-corrected chi connectivity index (χ0v) is 26.5. The van der Waals surface area contributed by atoms with Crippen molar-refractivity contribution in [1.82, 2.24) is 9.88 Å². The maximum Gasteiger partial charge on any atom is 0.418 e. The Morgan fingerprint density at radius 3 is 1.74 bits per heavy atom. The van der Waals surface area contributed by atoms with E-state index in [4.69, 9.17) is 14.2 Å². The quantitative estimate of drug-likeness (QED) is 0.160. The molecule has 4 aromatic rings. The van der Waals surface area contributed by atoms with Crippen LogP contribution in [0, 0.1) is 5.92 Å². The van der Waals surface area contributed by atoms with E-state index >= 15 is 0 Å². The number of nitrogens with zero attached hydrogens (tertiary/aromatic N) is 3. The minimum atomic E-state index is -4.43. The second-order valence-electron chi connectivity index (χ2n) is 12.5. The maximum atomic E-state index is 13.9. The van der Waals surface area contributed by atoms with Gasteiger partial charge in [0.05, 0.1) is 49.5 Å². The highest BCUT2D eigenvalue weighted by atomic mass is 19.4. The summed E-state index contributed by atoms with van der Waals surface area (Å²) < 4.78 is 61.4. The third kappa shape index (κ3) is 9.20. The second-order valence-corrected chi connectivity index (χ2v) is 12.5. The van der Waals surface area contributed by atoms with Crippen molar-refractivity contribution in [1.29, 1.82) is 0 Å². The third-order valence-electron chi connectivity index (χ3n) is 8.99. The zero-order chi connectivity index (χ0) is 32.5. The van der Waals surface area contributed by atoms with Crippen LogP contribution in [-0.2, 0) is 40.2 Å². The summed E-state index contributed by atoms with van der Waals surface area (Å²) in [5.41, 5.74) is 2.76. The molecule has 0 aliphatic carbocycles. The number of likely N-dealkylation sites (tertiary alicyclic amines) is 1. The Balaban J connectivity index is 1.20. The van der Waals surface area contributed by atoms with Crippen LogP contribution in [0.1, 0.15) is 35.1 Å². The van der Waals surface area contributed by atoms with Gasteiger partial charge in [0, 0.05) is 38.9 Å². The van der Waals surface area contributed by atoms with Crippen molar-refractivity contribution in [3.8, 4) is 0 Å². The van der Waals surface area contributed by atoms with Gasteiger partial charge in [0.25, 0.3) is 0 Å². The fourth-order valence-corrected chi connectivity index (χ4v) is 6.69. The van der Waals surface area contributed by atoms with E-state index in [0.29, 0.717) is 46.0 Å². The normalized spacial score (nSPS) is 21.2. The summed E-state index contributed by atoms with van der Waals surface area (Å²) in [4.78, 5) is 8.24. The monoisotopic (exact) mass is 645 g/mol.